The number of nitrogens with zero attached hydrogens (tertiary/aromatic N) is 1. The molecule has 0 atom stereocenters. The molecule has 0 aliphatic heterocycles. The number of carbonyl (C=O) groups excluding carboxylic acids is 1. The highest BCUT2D eigenvalue weighted by Gasteiger charge is 2.02. The van der Waals surface area contributed by atoms with Crippen molar-refractivity contribution in [2.24, 2.45) is 5.10 Å². The van der Waals surface area contributed by atoms with E-state index in [1.807, 2.05) is 12.1 Å². The SMILES string of the molecule is O=C(CNc1ccccc1Cl)N/N=C\c1ccco1. The van der Waals surface area contributed by atoms with E-state index in [0.29, 0.717) is 16.5 Å². The Morgan fingerprint density at radius 1 is 1.32 bits per heavy atom. The third kappa shape index (κ3) is 4.15. The summed E-state index contributed by atoms with van der Waals surface area (Å²) >= 11 is 5.94. The fourth-order valence-corrected chi connectivity index (χ4v) is 1.55. The van der Waals surface area contributed by atoms with Gasteiger partial charge in [-0.25, -0.2) is 5.43 Å². The molecule has 0 aliphatic carbocycles. The molecule has 98 valence electrons. The van der Waals surface area contributed by atoms with Crippen LogP contribution in [0.4, 0.5) is 5.69 Å². The van der Waals surface area contributed by atoms with E-state index in [4.69, 9.17) is 16.0 Å². The van der Waals surface area contributed by atoms with Crippen LogP contribution in [-0.4, -0.2) is 18.7 Å². The quantitative estimate of drug-likeness (QED) is 0.652. The molecule has 19 heavy (non-hydrogen) atoms. The maximum absolute atomic E-state index is 11.5. The Labute approximate surface area is 115 Å². The van der Waals surface area contributed by atoms with Crippen LogP contribution in [0.3, 0.4) is 0 Å². The number of hydrogen-bond acceptors (Lipinski definition) is 4. The van der Waals surface area contributed by atoms with Gasteiger partial charge in [0.2, 0.25) is 0 Å². The number of hydrazone groups is 1. The zero-order chi connectivity index (χ0) is 13.5. The highest BCUT2D eigenvalue weighted by atomic mass is 35.5. The van der Waals surface area contributed by atoms with E-state index in [1.54, 1.807) is 24.3 Å². The topological polar surface area (TPSA) is 66.6 Å². The lowest BCUT2D eigenvalue weighted by Gasteiger charge is -2.06. The third-order valence-corrected chi connectivity index (χ3v) is 2.57. The summed E-state index contributed by atoms with van der Waals surface area (Å²) in [6, 6.07) is 10.7. The summed E-state index contributed by atoms with van der Waals surface area (Å²) in [6.45, 7) is 0.0826. The number of halogens is 1. The van der Waals surface area contributed by atoms with Gasteiger partial charge in [-0.3, -0.25) is 4.79 Å². The van der Waals surface area contributed by atoms with E-state index < -0.39 is 0 Å². The molecular formula is C13H12ClN3O2. The number of carbonyl (C=O) groups is 1. The van der Waals surface area contributed by atoms with Gasteiger partial charge in [-0.1, -0.05) is 23.7 Å². The van der Waals surface area contributed by atoms with Crippen molar-refractivity contribution in [2.45, 2.75) is 0 Å². The van der Waals surface area contributed by atoms with Crippen LogP contribution in [0.2, 0.25) is 5.02 Å². The van der Waals surface area contributed by atoms with Crippen LogP contribution in [0.5, 0.6) is 0 Å². The van der Waals surface area contributed by atoms with E-state index in [9.17, 15) is 4.79 Å². The van der Waals surface area contributed by atoms with Gasteiger partial charge >= 0.3 is 0 Å². The molecule has 2 N–H and O–H groups in total. The number of benzene rings is 1. The smallest absolute Gasteiger partial charge is 0.259 e. The van der Waals surface area contributed by atoms with Gasteiger partial charge in [0.1, 0.15) is 5.76 Å². The first kappa shape index (κ1) is 13.2. The maximum atomic E-state index is 11.5. The van der Waals surface area contributed by atoms with Crippen molar-refractivity contribution in [3.8, 4) is 0 Å². The molecular weight excluding hydrogens is 266 g/mol. The summed E-state index contributed by atoms with van der Waals surface area (Å²) in [6.07, 6.45) is 2.95. The van der Waals surface area contributed by atoms with Crippen molar-refractivity contribution < 1.29 is 9.21 Å². The fraction of sp³-hybridized carbons (Fsp3) is 0.0769. The zero-order valence-corrected chi connectivity index (χ0v) is 10.7. The second kappa shape index (κ2) is 6.61. The van der Waals surface area contributed by atoms with E-state index in [-0.39, 0.29) is 12.5 Å². The molecule has 0 bridgehead atoms. The van der Waals surface area contributed by atoms with Crippen molar-refractivity contribution in [2.75, 3.05) is 11.9 Å². The lowest BCUT2D eigenvalue weighted by molar-refractivity contribution is -0.119. The third-order valence-electron chi connectivity index (χ3n) is 2.24. The molecule has 0 aliphatic rings. The summed E-state index contributed by atoms with van der Waals surface area (Å²) < 4.78 is 5.03. The number of amides is 1. The Balaban J connectivity index is 1.78. The van der Waals surface area contributed by atoms with Crippen molar-refractivity contribution in [1.29, 1.82) is 0 Å². The molecule has 5 nitrogen and oxygen atoms in total. The van der Waals surface area contributed by atoms with Crippen molar-refractivity contribution in [3.63, 3.8) is 0 Å². The normalized spacial score (nSPS) is 10.6. The van der Waals surface area contributed by atoms with Crippen LogP contribution in [0.15, 0.2) is 52.2 Å². The number of para-hydroxylation sites is 1. The molecule has 1 aromatic carbocycles. The molecule has 0 fully saturated rings. The molecule has 6 heteroatoms. The number of hydrogen-bond donors (Lipinski definition) is 2. The maximum Gasteiger partial charge on any atom is 0.259 e. The van der Waals surface area contributed by atoms with E-state index in [2.05, 4.69) is 15.8 Å². The Morgan fingerprint density at radius 2 is 2.16 bits per heavy atom. The van der Waals surface area contributed by atoms with Crippen molar-refractivity contribution in [1.82, 2.24) is 5.43 Å². The van der Waals surface area contributed by atoms with Gasteiger partial charge in [-0.2, -0.15) is 5.10 Å². The predicted molar refractivity (Wildman–Crippen MR) is 74.4 cm³/mol. The van der Waals surface area contributed by atoms with Crippen LogP contribution in [0.25, 0.3) is 0 Å². The van der Waals surface area contributed by atoms with Crippen LogP contribution >= 0.6 is 11.6 Å². The molecule has 1 amide bonds. The summed E-state index contributed by atoms with van der Waals surface area (Å²) in [5, 5.41) is 7.24. The standard InChI is InChI=1S/C13H12ClN3O2/c14-11-5-1-2-6-12(11)15-9-13(18)17-16-8-10-4-3-7-19-10/h1-8,15H,9H2,(H,17,18)/b16-8-. The predicted octanol–water partition coefficient (Wildman–Crippen LogP) is 2.50. The highest BCUT2D eigenvalue weighted by Crippen LogP contribution is 2.19. The minimum absolute atomic E-state index is 0.0826. The van der Waals surface area contributed by atoms with E-state index in [0.717, 1.165) is 0 Å². The molecule has 0 spiro atoms. The minimum atomic E-state index is -0.275. The summed E-state index contributed by atoms with van der Waals surface area (Å²) in [5.41, 5.74) is 3.08. The Hall–Kier alpha value is -2.27. The van der Waals surface area contributed by atoms with Crippen LogP contribution in [0.1, 0.15) is 5.76 Å². The second-order valence-electron chi connectivity index (χ2n) is 3.64. The first-order valence-corrected chi connectivity index (χ1v) is 5.97. The molecule has 2 aromatic rings. The average molecular weight is 278 g/mol. The van der Waals surface area contributed by atoms with Gasteiger partial charge in [0, 0.05) is 0 Å². The Bertz CT molecular complexity index is 567. The van der Waals surface area contributed by atoms with Crippen molar-refractivity contribution in [3.05, 3.63) is 53.4 Å². The summed E-state index contributed by atoms with van der Waals surface area (Å²) in [5.74, 6) is 0.294. The van der Waals surface area contributed by atoms with Crippen LogP contribution in [-0.2, 0) is 4.79 Å². The van der Waals surface area contributed by atoms with Gasteiger partial charge in [0.25, 0.3) is 5.91 Å². The van der Waals surface area contributed by atoms with Gasteiger partial charge in [0.05, 0.1) is 29.7 Å². The molecule has 1 heterocycles. The molecule has 0 saturated heterocycles. The van der Waals surface area contributed by atoms with Gasteiger partial charge in [-0.05, 0) is 24.3 Å². The Kier molecular flexibility index (Phi) is 4.58. The number of nitrogens with one attached hydrogen (secondary N) is 2. The lowest BCUT2D eigenvalue weighted by atomic mass is 10.3. The molecule has 1 aromatic heterocycles. The van der Waals surface area contributed by atoms with Crippen LogP contribution < -0.4 is 10.7 Å². The highest BCUT2D eigenvalue weighted by molar-refractivity contribution is 6.33. The number of furan rings is 1. The van der Waals surface area contributed by atoms with E-state index >= 15 is 0 Å². The van der Waals surface area contributed by atoms with E-state index in [1.165, 1.54) is 12.5 Å². The summed E-state index contributed by atoms with van der Waals surface area (Å²) in [7, 11) is 0. The molecule has 0 unspecified atom stereocenters. The number of anilines is 1. The molecule has 0 radical (unpaired) electrons. The first-order valence-electron chi connectivity index (χ1n) is 5.59. The average Bonchev–Trinajstić information content (AvgIpc) is 2.91. The molecule has 2 rings (SSSR count). The second-order valence-corrected chi connectivity index (χ2v) is 4.05. The minimum Gasteiger partial charge on any atom is -0.463 e. The number of rotatable bonds is 5. The molecule has 0 saturated carbocycles. The van der Waals surface area contributed by atoms with Crippen LogP contribution in [0, 0.1) is 0 Å². The zero-order valence-electron chi connectivity index (χ0n) is 9.97. The lowest BCUT2D eigenvalue weighted by Crippen LogP contribution is -2.25. The first-order chi connectivity index (χ1) is 9.25. The van der Waals surface area contributed by atoms with Gasteiger partial charge < -0.3 is 9.73 Å². The summed E-state index contributed by atoms with van der Waals surface area (Å²) in [4.78, 5) is 11.5. The Morgan fingerprint density at radius 3 is 2.89 bits per heavy atom. The van der Waals surface area contributed by atoms with Gasteiger partial charge in [0.15, 0.2) is 0 Å². The van der Waals surface area contributed by atoms with Crippen molar-refractivity contribution >= 4 is 29.4 Å². The fourth-order valence-electron chi connectivity index (χ4n) is 1.35. The van der Waals surface area contributed by atoms with Gasteiger partial charge in [-0.15, -0.1) is 0 Å². The largest absolute Gasteiger partial charge is 0.463 e. The monoisotopic (exact) mass is 277 g/mol.